The number of hydrogen-bond donors (Lipinski definition) is 0. The van der Waals surface area contributed by atoms with Gasteiger partial charge < -0.3 is 9.30 Å². The Bertz CT molecular complexity index is 807. The average Bonchev–Trinajstić information content (AvgIpc) is 2.96. The molecule has 5 nitrogen and oxygen atoms in total. The van der Waals surface area contributed by atoms with Gasteiger partial charge in [0.1, 0.15) is 11.8 Å². The maximum Gasteiger partial charge on any atom is 0.120 e. The molecule has 26 heavy (non-hydrogen) atoms. The molecule has 136 valence electrons. The van der Waals surface area contributed by atoms with Gasteiger partial charge in [-0.3, -0.25) is 9.80 Å². The van der Waals surface area contributed by atoms with Gasteiger partial charge in [0.15, 0.2) is 0 Å². The zero-order valence-electron chi connectivity index (χ0n) is 15.6. The molecule has 0 bridgehead atoms. The molecule has 4 rings (SSSR count). The van der Waals surface area contributed by atoms with Gasteiger partial charge in [-0.1, -0.05) is 30.3 Å². The summed E-state index contributed by atoms with van der Waals surface area (Å²) in [6, 6.07) is 15.8. The van der Waals surface area contributed by atoms with Crippen molar-refractivity contribution >= 4 is 0 Å². The van der Waals surface area contributed by atoms with Gasteiger partial charge in [-0.05, 0) is 24.1 Å². The monoisotopic (exact) mass is 350 g/mol. The van der Waals surface area contributed by atoms with E-state index in [4.69, 9.17) is 4.74 Å². The van der Waals surface area contributed by atoms with Crippen molar-refractivity contribution in [2.75, 3.05) is 32.8 Å². The van der Waals surface area contributed by atoms with Gasteiger partial charge >= 0.3 is 0 Å². The predicted molar refractivity (Wildman–Crippen MR) is 101 cm³/mol. The number of morpholine rings is 1. The molecule has 2 aliphatic rings. The van der Waals surface area contributed by atoms with Crippen LogP contribution in [0.15, 0.2) is 36.4 Å². The van der Waals surface area contributed by atoms with E-state index in [2.05, 4.69) is 53.1 Å². The summed E-state index contributed by atoms with van der Waals surface area (Å²) < 4.78 is 7.94. The molecule has 0 spiro atoms. The number of nitriles is 1. The summed E-state index contributed by atoms with van der Waals surface area (Å²) in [6.45, 7) is 7.71. The van der Waals surface area contributed by atoms with Gasteiger partial charge in [-0.25, -0.2) is 0 Å². The van der Waals surface area contributed by atoms with Crippen LogP contribution in [0.4, 0.5) is 0 Å². The molecular formula is C21H26N4O. The highest BCUT2D eigenvalue weighted by Gasteiger charge is 2.36. The van der Waals surface area contributed by atoms with E-state index in [0.29, 0.717) is 12.1 Å². The van der Waals surface area contributed by atoms with Crippen molar-refractivity contribution in [3.63, 3.8) is 0 Å². The quantitative estimate of drug-likeness (QED) is 0.853. The molecule has 2 saturated heterocycles. The predicted octanol–water partition coefficient (Wildman–Crippen LogP) is 2.46. The zero-order valence-corrected chi connectivity index (χ0v) is 15.6. The molecule has 0 amide bonds. The summed E-state index contributed by atoms with van der Waals surface area (Å²) in [6.07, 6.45) is 0. The Kier molecular flexibility index (Phi) is 4.82. The highest BCUT2D eigenvalue weighted by molar-refractivity contribution is 5.34. The van der Waals surface area contributed by atoms with Crippen molar-refractivity contribution in [2.45, 2.75) is 25.6 Å². The van der Waals surface area contributed by atoms with Crippen molar-refractivity contribution in [3.05, 3.63) is 58.9 Å². The van der Waals surface area contributed by atoms with Crippen molar-refractivity contribution in [2.24, 2.45) is 7.05 Å². The lowest BCUT2D eigenvalue weighted by Crippen LogP contribution is -2.58. The van der Waals surface area contributed by atoms with E-state index in [1.165, 1.54) is 16.8 Å². The second-order valence-corrected chi connectivity index (χ2v) is 7.40. The standard InChI is InChI=1S/C21H26N4O/c1-16-18(10-19(11-22)23(16)2)12-24-8-9-25-20(13-24)14-26-15-21(25)17-6-4-3-5-7-17/h3-7,10,20-21H,8-9,12-15H2,1-2H3/t20-,21-/m1/s1. The summed E-state index contributed by atoms with van der Waals surface area (Å²) in [5.74, 6) is 0. The lowest BCUT2D eigenvalue weighted by Gasteiger charge is -2.48. The van der Waals surface area contributed by atoms with Crippen LogP contribution in [0, 0.1) is 18.3 Å². The molecule has 0 aliphatic carbocycles. The van der Waals surface area contributed by atoms with Gasteiger partial charge in [-0.2, -0.15) is 5.26 Å². The van der Waals surface area contributed by atoms with Crippen LogP contribution in [-0.2, 0) is 18.3 Å². The third-order valence-corrected chi connectivity index (χ3v) is 5.93. The summed E-state index contributed by atoms with van der Waals surface area (Å²) in [5, 5.41) is 9.25. The number of hydrogen-bond acceptors (Lipinski definition) is 4. The third kappa shape index (κ3) is 3.16. The Morgan fingerprint density at radius 3 is 2.73 bits per heavy atom. The highest BCUT2D eigenvalue weighted by atomic mass is 16.5. The molecule has 0 unspecified atom stereocenters. The van der Waals surface area contributed by atoms with Gasteiger partial charge in [-0.15, -0.1) is 0 Å². The molecule has 0 N–H and O–H groups in total. The molecular weight excluding hydrogens is 324 g/mol. The van der Waals surface area contributed by atoms with E-state index < -0.39 is 0 Å². The first-order valence-electron chi connectivity index (χ1n) is 9.33. The largest absolute Gasteiger partial charge is 0.378 e. The van der Waals surface area contributed by atoms with Crippen LogP contribution in [0.25, 0.3) is 0 Å². The minimum atomic E-state index is 0.362. The van der Waals surface area contributed by atoms with Gasteiger partial charge in [0.2, 0.25) is 0 Å². The third-order valence-electron chi connectivity index (χ3n) is 5.93. The fourth-order valence-corrected chi connectivity index (χ4v) is 4.28. The van der Waals surface area contributed by atoms with E-state index in [1.807, 2.05) is 17.7 Å². The maximum atomic E-state index is 9.25. The lowest BCUT2D eigenvalue weighted by atomic mass is 10.00. The Balaban J connectivity index is 1.46. The summed E-state index contributed by atoms with van der Waals surface area (Å²) in [7, 11) is 1.97. The smallest absolute Gasteiger partial charge is 0.120 e. The second-order valence-electron chi connectivity index (χ2n) is 7.40. The number of rotatable bonds is 3. The molecule has 2 aromatic rings. The van der Waals surface area contributed by atoms with Crippen molar-refractivity contribution in [3.8, 4) is 6.07 Å². The Morgan fingerprint density at radius 1 is 1.19 bits per heavy atom. The van der Waals surface area contributed by atoms with Crippen molar-refractivity contribution in [1.29, 1.82) is 5.26 Å². The van der Waals surface area contributed by atoms with Crippen LogP contribution in [0.3, 0.4) is 0 Å². The minimum Gasteiger partial charge on any atom is -0.378 e. The summed E-state index contributed by atoms with van der Waals surface area (Å²) in [5.41, 5.74) is 4.53. The molecule has 1 aromatic carbocycles. The lowest BCUT2D eigenvalue weighted by molar-refractivity contribution is -0.0836. The van der Waals surface area contributed by atoms with Gasteiger partial charge in [0.05, 0.1) is 19.3 Å². The van der Waals surface area contributed by atoms with Crippen LogP contribution in [-0.4, -0.2) is 53.3 Å². The summed E-state index contributed by atoms with van der Waals surface area (Å²) in [4.78, 5) is 5.12. The molecule has 5 heteroatoms. The van der Waals surface area contributed by atoms with Crippen molar-refractivity contribution < 1.29 is 4.74 Å². The number of aromatic nitrogens is 1. The van der Waals surface area contributed by atoms with E-state index in [-0.39, 0.29) is 0 Å². The first-order valence-corrected chi connectivity index (χ1v) is 9.33. The van der Waals surface area contributed by atoms with E-state index in [0.717, 1.165) is 45.1 Å². The first kappa shape index (κ1) is 17.3. The van der Waals surface area contributed by atoms with Crippen LogP contribution < -0.4 is 0 Å². The number of benzene rings is 1. The van der Waals surface area contributed by atoms with Gasteiger partial charge in [0.25, 0.3) is 0 Å². The van der Waals surface area contributed by atoms with Crippen LogP contribution in [0.2, 0.25) is 0 Å². The number of fused-ring (bicyclic) bond motifs is 1. The van der Waals surface area contributed by atoms with Crippen LogP contribution in [0.5, 0.6) is 0 Å². The minimum absolute atomic E-state index is 0.362. The van der Waals surface area contributed by atoms with E-state index >= 15 is 0 Å². The molecule has 0 radical (unpaired) electrons. The highest BCUT2D eigenvalue weighted by Crippen LogP contribution is 2.30. The Hall–Kier alpha value is -2.13. The average molecular weight is 350 g/mol. The normalized spacial score (nSPS) is 24.2. The molecule has 0 saturated carbocycles. The molecule has 2 aliphatic heterocycles. The zero-order chi connectivity index (χ0) is 18.1. The Labute approximate surface area is 155 Å². The van der Waals surface area contributed by atoms with Gasteiger partial charge in [0, 0.05) is 45.0 Å². The first-order chi connectivity index (χ1) is 12.7. The fourth-order valence-electron chi connectivity index (χ4n) is 4.28. The topological polar surface area (TPSA) is 44.4 Å². The molecule has 1 aromatic heterocycles. The number of nitrogens with zero attached hydrogens (tertiary/aromatic N) is 4. The van der Waals surface area contributed by atoms with E-state index in [9.17, 15) is 5.26 Å². The maximum absolute atomic E-state index is 9.25. The summed E-state index contributed by atoms with van der Waals surface area (Å²) >= 11 is 0. The van der Waals surface area contributed by atoms with E-state index in [1.54, 1.807) is 0 Å². The molecule has 2 fully saturated rings. The SMILES string of the molecule is Cc1c(CN2CCN3[C@@H](COC[C@@H]3c3ccccc3)C2)cc(C#N)n1C. The molecule has 3 heterocycles. The molecule has 2 atom stereocenters. The Morgan fingerprint density at radius 2 is 2.00 bits per heavy atom. The second kappa shape index (κ2) is 7.24. The number of piperazine rings is 1. The van der Waals surface area contributed by atoms with Crippen LogP contribution >= 0.6 is 0 Å². The van der Waals surface area contributed by atoms with Crippen molar-refractivity contribution in [1.82, 2.24) is 14.4 Å². The fraction of sp³-hybridized carbons (Fsp3) is 0.476. The number of ether oxygens (including phenoxy) is 1. The van der Waals surface area contributed by atoms with Crippen LogP contribution in [0.1, 0.15) is 28.6 Å².